The van der Waals surface area contributed by atoms with Crippen molar-refractivity contribution in [3.05, 3.63) is 46.7 Å². The molecule has 1 amide bonds. The normalized spacial score (nSPS) is 10.8. The zero-order valence-electron chi connectivity index (χ0n) is 13.4. The van der Waals surface area contributed by atoms with Crippen LogP contribution in [0.2, 0.25) is 5.02 Å². The number of carbonyl (C=O) groups excluding carboxylic acids is 1. The smallest absolute Gasteiger partial charge is 0.240 e. The molecule has 0 saturated carbocycles. The first kappa shape index (κ1) is 18.8. The van der Waals surface area contributed by atoms with Crippen molar-refractivity contribution in [3.63, 3.8) is 0 Å². The zero-order valence-corrected chi connectivity index (χ0v) is 14.9. The van der Waals surface area contributed by atoms with E-state index in [4.69, 9.17) is 16.3 Å². The number of hydrogen-bond donors (Lipinski definition) is 2. The van der Waals surface area contributed by atoms with Gasteiger partial charge in [-0.1, -0.05) is 41.6 Å². The SMILES string of the molecule is COCCNC(=O)Cn1c(CO)cnc1SCc1ccccc1Cl. The van der Waals surface area contributed by atoms with Gasteiger partial charge in [-0.05, 0) is 11.6 Å². The van der Waals surface area contributed by atoms with E-state index in [1.165, 1.54) is 11.8 Å². The Morgan fingerprint density at radius 1 is 1.46 bits per heavy atom. The lowest BCUT2D eigenvalue weighted by atomic mass is 10.2. The molecule has 24 heavy (non-hydrogen) atoms. The van der Waals surface area contributed by atoms with Gasteiger partial charge in [0.2, 0.25) is 5.91 Å². The number of halogens is 1. The molecule has 130 valence electrons. The number of ether oxygens (including phenoxy) is 1. The molecule has 1 aromatic carbocycles. The highest BCUT2D eigenvalue weighted by Crippen LogP contribution is 2.26. The first-order valence-corrected chi connectivity index (χ1v) is 8.79. The molecule has 0 aliphatic rings. The molecule has 0 spiro atoms. The lowest BCUT2D eigenvalue weighted by molar-refractivity contribution is -0.122. The van der Waals surface area contributed by atoms with Crippen LogP contribution in [-0.4, -0.2) is 40.8 Å². The van der Waals surface area contributed by atoms with Crippen LogP contribution in [0, 0.1) is 0 Å². The summed E-state index contributed by atoms with van der Waals surface area (Å²) in [5, 5.41) is 13.6. The van der Waals surface area contributed by atoms with Gasteiger partial charge in [0.25, 0.3) is 0 Å². The number of aromatic nitrogens is 2. The van der Waals surface area contributed by atoms with E-state index in [0.29, 0.717) is 34.8 Å². The maximum absolute atomic E-state index is 12.0. The maximum atomic E-state index is 12.0. The fourth-order valence-corrected chi connectivity index (χ4v) is 3.34. The van der Waals surface area contributed by atoms with Gasteiger partial charge in [-0.25, -0.2) is 4.98 Å². The zero-order chi connectivity index (χ0) is 17.4. The van der Waals surface area contributed by atoms with Gasteiger partial charge in [0.1, 0.15) is 6.54 Å². The average molecular weight is 370 g/mol. The summed E-state index contributed by atoms with van der Waals surface area (Å²) in [5.74, 6) is 0.478. The molecule has 0 radical (unpaired) electrons. The molecule has 6 nitrogen and oxygen atoms in total. The minimum absolute atomic E-state index is 0.102. The number of rotatable bonds is 9. The van der Waals surface area contributed by atoms with Gasteiger partial charge < -0.3 is 19.7 Å². The van der Waals surface area contributed by atoms with Gasteiger partial charge in [0, 0.05) is 24.4 Å². The first-order chi connectivity index (χ1) is 11.7. The highest BCUT2D eigenvalue weighted by molar-refractivity contribution is 7.98. The molecule has 0 fully saturated rings. The molecule has 8 heteroatoms. The number of aliphatic hydroxyl groups is 1. The van der Waals surface area contributed by atoms with Crippen LogP contribution in [0.25, 0.3) is 0 Å². The number of hydrogen-bond acceptors (Lipinski definition) is 5. The first-order valence-electron chi connectivity index (χ1n) is 7.42. The fraction of sp³-hybridized carbons (Fsp3) is 0.375. The van der Waals surface area contributed by atoms with Crippen LogP contribution in [0.15, 0.2) is 35.6 Å². The average Bonchev–Trinajstić information content (AvgIpc) is 2.96. The number of benzene rings is 1. The van der Waals surface area contributed by atoms with Gasteiger partial charge in [-0.15, -0.1) is 0 Å². The van der Waals surface area contributed by atoms with Crippen LogP contribution in [0.3, 0.4) is 0 Å². The summed E-state index contributed by atoms with van der Waals surface area (Å²) in [6.07, 6.45) is 1.58. The van der Waals surface area contributed by atoms with E-state index in [2.05, 4.69) is 10.3 Å². The van der Waals surface area contributed by atoms with E-state index in [1.807, 2.05) is 24.3 Å². The van der Waals surface area contributed by atoms with E-state index in [9.17, 15) is 9.90 Å². The van der Waals surface area contributed by atoms with Gasteiger partial charge in [-0.3, -0.25) is 4.79 Å². The van der Waals surface area contributed by atoms with Crippen molar-refractivity contribution in [2.24, 2.45) is 0 Å². The summed E-state index contributed by atoms with van der Waals surface area (Å²) in [6.45, 7) is 0.826. The number of amides is 1. The summed E-state index contributed by atoms with van der Waals surface area (Å²) in [5.41, 5.74) is 1.59. The van der Waals surface area contributed by atoms with Gasteiger partial charge in [-0.2, -0.15) is 0 Å². The Balaban J connectivity index is 2.03. The molecule has 1 heterocycles. The number of nitrogens with zero attached hydrogens (tertiary/aromatic N) is 2. The topological polar surface area (TPSA) is 76.4 Å². The molecule has 0 atom stereocenters. The lowest BCUT2D eigenvalue weighted by Crippen LogP contribution is -2.31. The van der Waals surface area contributed by atoms with Crippen molar-refractivity contribution in [3.8, 4) is 0 Å². The third-order valence-corrected chi connectivity index (χ3v) is 4.72. The summed E-state index contributed by atoms with van der Waals surface area (Å²) >= 11 is 7.63. The number of thioether (sulfide) groups is 1. The number of nitrogens with one attached hydrogen (secondary N) is 1. The molecule has 2 rings (SSSR count). The molecular formula is C16H20ClN3O3S. The Morgan fingerprint density at radius 3 is 2.96 bits per heavy atom. The maximum Gasteiger partial charge on any atom is 0.240 e. The Hall–Kier alpha value is -1.54. The molecule has 0 unspecified atom stereocenters. The summed E-state index contributed by atoms with van der Waals surface area (Å²) in [4.78, 5) is 16.3. The number of imidazole rings is 1. The highest BCUT2D eigenvalue weighted by Gasteiger charge is 2.14. The number of aliphatic hydroxyl groups excluding tert-OH is 1. The molecular weight excluding hydrogens is 350 g/mol. The van der Waals surface area contributed by atoms with Crippen LogP contribution >= 0.6 is 23.4 Å². The molecule has 0 aliphatic heterocycles. The van der Waals surface area contributed by atoms with Gasteiger partial charge in [0.15, 0.2) is 5.16 Å². The van der Waals surface area contributed by atoms with Crippen LogP contribution < -0.4 is 5.32 Å². The number of methoxy groups -OCH3 is 1. The van der Waals surface area contributed by atoms with Gasteiger partial charge >= 0.3 is 0 Å². The Bertz CT molecular complexity index is 678. The van der Waals surface area contributed by atoms with E-state index in [-0.39, 0.29) is 19.1 Å². The minimum atomic E-state index is -0.176. The molecule has 0 aliphatic carbocycles. The Labute approximate surface area is 150 Å². The summed E-state index contributed by atoms with van der Waals surface area (Å²) < 4.78 is 6.62. The number of carbonyl (C=O) groups is 1. The molecule has 2 N–H and O–H groups in total. The predicted octanol–water partition coefficient (Wildman–Crippen LogP) is 2.08. The van der Waals surface area contributed by atoms with Crippen molar-refractivity contribution in [2.75, 3.05) is 20.3 Å². The lowest BCUT2D eigenvalue weighted by Gasteiger charge is -2.11. The molecule has 0 saturated heterocycles. The summed E-state index contributed by atoms with van der Waals surface area (Å²) in [7, 11) is 1.58. The van der Waals surface area contributed by atoms with E-state index in [1.54, 1.807) is 17.9 Å². The van der Waals surface area contributed by atoms with Crippen molar-refractivity contribution in [1.82, 2.24) is 14.9 Å². The fourth-order valence-electron chi connectivity index (χ4n) is 2.05. The van der Waals surface area contributed by atoms with Crippen molar-refractivity contribution in [1.29, 1.82) is 0 Å². The Kier molecular flexibility index (Phi) is 7.58. The Morgan fingerprint density at radius 2 is 2.25 bits per heavy atom. The van der Waals surface area contributed by atoms with Crippen LogP contribution in [0.4, 0.5) is 0 Å². The van der Waals surface area contributed by atoms with Crippen LogP contribution in [0.5, 0.6) is 0 Å². The highest BCUT2D eigenvalue weighted by atomic mass is 35.5. The molecule has 2 aromatic rings. The second-order valence-corrected chi connectivity index (χ2v) is 6.35. The van der Waals surface area contributed by atoms with E-state index in [0.717, 1.165) is 5.56 Å². The van der Waals surface area contributed by atoms with Crippen molar-refractivity contribution < 1.29 is 14.6 Å². The quantitative estimate of drug-likeness (QED) is 0.523. The third kappa shape index (κ3) is 5.24. The summed E-state index contributed by atoms with van der Waals surface area (Å²) in [6, 6.07) is 7.60. The van der Waals surface area contributed by atoms with E-state index >= 15 is 0 Å². The largest absolute Gasteiger partial charge is 0.390 e. The van der Waals surface area contributed by atoms with Crippen molar-refractivity contribution >= 4 is 29.3 Å². The molecule has 0 bridgehead atoms. The molecule has 1 aromatic heterocycles. The van der Waals surface area contributed by atoms with E-state index < -0.39 is 0 Å². The monoisotopic (exact) mass is 369 g/mol. The van der Waals surface area contributed by atoms with Crippen LogP contribution in [-0.2, 0) is 28.4 Å². The third-order valence-electron chi connectivity index (χ3n) is 3.31. The minimum Gasteiger partial charge on any atom is -0.390 e. The standard InChI is InChI=1S/C16H20ClN3O3S/c1-23-7-6-18-15(22)9-20-13(10-21)8-19-16(20)24-11-12-4-2-3-5-14(12)17/h2-5,8,21H,6-7,9-11H2,1H3,(H,18,22). The van der Waals surface area contributed by atoms with Crippen LogP contribution in [0.1, 0.15) is 11.3 Å². The van der Waals surface area contributed by atoms with Gasteiger partial charge in [0.05, 0.1) is 25.1 Å². The second-order valence-electron chi connectivity index (χ2n) is 5.00. The second kappa shape index (κ2) is 9.68. The predicted molar refractivity (Wildman–Crippen MR) is 94.0 cm³/mol. The van der Waals surface area contributed by atoms with Crippen molar-refractivity contribution in [2.45, 2.75) is 24.1 Å².